The van der Waals surface area contributed by atoms with E-state index in [2.05, 4.69) is 12.2 Å². The molecule has 0 saturated carbocycles. The quantitative estimate of drug-likeness (QED) is 0.772. The fraction of sp³-hybridized carbons (Fsp3) is 0.529. The molecule has 2 aliphatic carbocycles. The van der Waals surface area contributed by atoms with Crippen LogP contribution in [0.15, 0.2) is 35.5 Å². The zero-order chi connectivity index (χ0) is 15.9. The number of carboxylic acid groups (broad SMARTS) is 2. The van der Waals surface area contributed by atoms with Gasteiger partial charge in [-0.1, -0.05) is 30.7 Å². The van der Waals surface area contributed by atoms with Gasteiger partial charge in [0.1, 0.15) is 0 Å². The number of allylic oxidation sites excluding steroid dienone is 4. The van der Waals surface area contributed by atoms with Gasteiger partial charge in [-0.2, -0.15) is 0 Å². The van der Waals surface area contributed by atoms with Crippen LogP contribution in [0.2, 0.25) is 0 Å². The van der Waals surface area contributed by atoms with Gasteiger partial charge in [0.2, 0.25) is 0 Å². The summed E-state index contributed by atoms with van der Waals surface area (Å²) < 4.78 is 0. The van der Waals surface area contributed by atoms with Crippen LogP contribution in [-0.2, 0) is 9.59 Å². The summed E-state index contributed by atoms with van der Waals surface area (Å²) in [5.41, 5.74) is -0.186. The lowest BCUT2D eigenvalue weighted by Crippen LogP contribution is -2.32. The van der Waals surface area contributed by atoms with Gasteiger partial charge in [0.15, 0.2) is 0 Å². The van der Waals surface area contributed by atoms with Crippen LogP contribution in [0.3, 0.4) is 0 Å². The predicted octanol–water partition coefficient (Wildman–Crippen LogP) is 3.95. The molecule has 4 heteroatoms. The van der Waals surface area contributed by atoms with Crippen molar-refractivity contribution in [2.75, 3.05) is 0 Å². The first-order valence-electron chi connectivity index (χ1n) is 7.43. The number of hydrogen-bond donors (Lipinski definition) is 2. The monoisotopic (exact) mass is 292 g/mol. The zero-order valence-electron chi connectivity index (χ0n) is 12.8. The van der Waals surface area contributed by atoms with Gasteiger partial charge in [0.25, 0.3) is 0 Å². The van der Waals surface area contributed by atoms with E-state index < -0.39 is 17.4 Å². The highest BCUT2D eigenvalue weighted by atomic mass is 16.4. The highest BCUT2D eigenvalue weighted by molar-refractivity contribution is 5.90. The van der Waals surface area contributed by atoms with Crippen molar-refractivity contribution in [1.82, 2.24) is 0 Å². The minimum absolute atomic E-state index is 0.0610. The maximum atomic E-state index is 11.2. The van der Waals surface area contributed by atoms with Crippen LogP contribution in [0, 0.1) is 5.41 Å². The summed E-state index contributed by atoms with van der Waals surface area (Å²) in [4.78, 5) is 22.0. The molecule has 0 radical (unpaired) electrons. The normalized spacial score (nSPS) is 24.3. The standard InChI is InChI=1S/C11H14O4.C6H10/c1-3-11(10(14)15)5-7(2)4-8(6-11)9(12)13;1-2-4-6-5-3-1/h4-5H,3,6H2,1-2H3,(H,12,13)(H,14,15);1-2H,3-6H2. The van der Waals surface area contributed by atoms with E-state index in [9.17, 15) is 9.59 Å². The van der Waals surface area contributed by atoms with Crippen molar-refractivity contribution in [3.8, 4) is 0 Å². The highest BCUT2D eigenvalue weighted by Crippen LogP contribution is 2.37. The molecule has 0 heterocycles. The Labute approximate surface area is 125 Å². The van der Waals surface area contributed by atoms with Crippen LogP contribution >= 0.6 is 0 Å². The molecule has 4 nitrogen and oxygen atoms in total. The van der Waals surface area contributed by atoms with Gasteiger partial charge in [0, 0.05) is 5.57 Å². The van der Waals surface area contributed by atoms with Crippen LogP contribution < -0.4 is 0 Å². The topological polar surface area (TPSA) is 74.6 Å². The molecule has 0 fully saturated rings. The van der Waals surface area contributed by atoms with Gasteiger partial charge in [0.05, 0.1) is 5.41 Å². The van der Waals surface area contributed by atoms with Crippen molar-refractivity contribution >= 4 is 11.9 Å². The molecule has 0 aromatic carbocycles. The maximum absolute atomic E-state index is 11.2. The zero-order valence-corrected chi connectivity index (χ0v) is 12.8. The molecule has 0 spiro atoms. The van der Waals surface area contributed by atoms with Gasteiger partial charge in [-0.15, -0.1) is 0 Å². The van der Waals surface area contributed by atoms with Crippen LogP contribution in [0.25, 0.3) is 0 Å². The summed E-state index contributed by atoms with van der Waals surface area (Å²) in [5, 5.41) is 18.0. The molecule has 0 bridgehead atoms. The lowest BCUT2D eigenvalue weighted by atomic mass is 9.74. The molecule has 1 unspecified atom stereocenters. The van der Waals surface area contributed by atoms with Crippen LogP contribution in [0.4, 0.5) is 0 Å². The third-order valence-electron chi connectivity index (χ3n) is 3.90. The molecule has 0 aromatic rings. The second-order valence-electron chi connectivity index (χ2n) is 5.61. The van der Waals surface area contributed by atoms with E-state index in [1.165, 1.54) is 31.8 Å². The van der Waals surface area contributed by atoms with Gasteiger partial charge in [-0.25, -0.2) is 4.79 Å². The second kappa shape index (κ2) is 7.81. The SMILES string of the molecule is C1=CCCCC1.CCC1(C(=O)O)C=C(C)C=C(C(=O)O)C1. The van der Waals surface area contributed by atoms with E-state index in [4.69, 9.17) is 10.2 Å². The molecule has 0 saturated heterocycles. The predicted molar refractivity (Wildman–Crippen MR) is 82.1 cm³/mol. The average Bonchev–Trinajstić information content (AvgIpc) is 2.48. The van der Waals surface area contributed by atoms with Crippen LogP contribution in [0.5, 0.6) is 0 Å². The fourth-order valence-corrected chi connectivity index (χ4v) is 2.61. The van der Waals surface area contributed by atoms with E-state index in [-0.39, 0.29) is 12.0 Å². The van der Waals surface area contributed by atoms with Crippen molar-refractivity contribution in [3.63, 3.8) is 0 Å². The smallest absolute Gasteiger partial charge is 0.331 e. The molecule has 0 aromatic heterocycles. The summed E-state index contributed by atoms with van der Waals surface area (Å²) in [7, 11) is 0. The molecule has 1 atom stereocenters. The largest absolute Gasteiger partial charge is 0.481 e. The third-order valence-corrected chi connectivity index (χ3v) is 3.90. The molecule has 0 amide bonds. The molecule has 2 N–H and O–H groups in total. The Morgan fingerprint density at radius 3 is 2.10 bits per heavy atom. The Morgan fingerprint density at radius 1 is 1.19 bits per heavy atom. The molecule has 2 rings (SSSR count). The lowest BCUT2D eigenvalue weighted by Gasteiger charge is -2.28. The number of carboxylic acids is 2. The van der Waals surface area contributed by atoms with Gasteiger partial charge in [-0.05, 0) is 51.5 Å². The summed E-state index contributed by atoms with van der Waals surface area (Å²) in [6.45, 7) is 3.47. The fourth-order valence-electron chi connectivity index (χ4n) is 2.61. The van der Waals surface area contributed by atoms with Crippen molar-refractivity contribution < 1.29 is 19.8 Å². The molecule has 2 aliphatic rings. The number of aliphatic carboxylic acids is 2. The minimum Gasteiger partial charge on any atom is -0.481 e. The van der Waals surface area contributed by atoms with Crippen molar-refractivity contribution in [3.05, 3.63) is 35.5 Å². The van der Waals surface area contributed by atoms with E-state index in [0.29, 0.717) is 12.0 Å². The summed E-state index contributed by atoms with van der Waals surface area (Å²) in [6, 6.07) is 0. The second-order valence-corrected chi connectivity index (χ2v) is 5.61. The summed E-state index contributed by atoms with van der Waals surface area (Å²) in [5.74, 6) is -2.00. The number of rotatable bonds is 3. The van der Waals surface area contributed by atoms with Crippen molar-refractivity contribution in [2.24, 2.45) is 5.41 Å². The Balaban J connectivity index is 0.000000304. The highest BCUT2D eigenvalue weighted by Gasteiger charge is 2.38. The van der Waals surface area contributed by atoms with E-state index in [0.717, 1.165) is 0 Å². The molecular formula is C17H24O4. The summed E-state index contributed by atoms with van der Waals surface area (Å²) >= 11 is 0. The van der Waals surface area contributed by atoms with Gasteiger partial charge in [-0.3, -0.25) is 4.79 Å². The molecular weight excluding hydrogens is 268 g/mol. The first kappa shape index (κ1) is 17.2. The van der Waals surface area contributed by atoms with E-state index in [1.807, 2.05) is 0 Å². The average molecular weight is 292 g/mol. The third kappa shape index (κ3) is 4.88. The Morgan fingerprint density at radius 2 is 1.76 bits per heavy atom. The van der Waals surface area contributed by atoms with Crippen LogP contribution in [-0.4, -0.2) is 22.2 Å². The Bertz CT molecular complexity index is 477. The lowest BCUT2D eigenvalue weighted by molar-refractivity contribution is -0.146. The first-order chi connectivity index (χ1) is 9.91. The maximum Gasteiger partial charge on any atom is 0.331 e. The van der Waals surface area contributed by atoms with Crippen LogP contribution in [0.1, 0.15) is 52.4 Å². The van der Waals surface area contributed by atoms with Crippen molar-refractivity contribution in [1.29, 1.82) is 0 Å². The van der Waals surface area contributed by atoms with E-state index in [1.54, 1.807) is 19.9 Å². The Kier molecular flexibility index (Phi) is 6.40. The molecule has 116 valence electrons. The first-order valence-corrected chi connectivity index (χ1v) is 7.43. The van der Waals surface area contributed by atoms with Crippen molar-refractivity contribution in [2.45, 2.75) is 52.4 Å². The molecule has 21 heavy (non-hydrogen) atoms. The molecule has 0 aliphatic heterocycles. The van der Waals surface area contributed by atoms with Gasteiger partial charge >= 0.3 is 11.9 Å². The summed E-state index contributed by atoms with van der Waals surface area (Å²) in [6.07, 6.45) is 13.6. The van der Waals surface area contributed by atoms with Gasteiger partial charge < -0.3 is 10.2 Å². The number of hydrogen-bond acceptors (Lipinski definition) is 2. The number of carbonyl (C=O) groups is 2. The Hall–Kier alpha value is -1.84. The van der Waals surface area contributed by atoms with E-state index >= 15 is 0 Å². The minimum atomic E-state index is -1.05.